The summed E-state index contributed by atoms with van der Waals surface area (Å²) in [7, 11) is -2.48. The van der Waals surface area contributed by atoms with Crippen LogP contribution >= 0.6 is 23.2 Å². The van der Waals surface area contributed by atoms with E-state index in [1.54, 1.807) is 49.4 Å². The van der Waals surface area contributed by atoms with Crippen molar-refractivity contribution in [3.63, 3.8) is 0 Å². The highest BCUT2D eigenvalue weighted by atomic mass is 35.5. The molecule has 2 amide bonds. The SMILES string of the molecule is CC[C@@H](C(=O)NC(C)(C)C)N(Cc1c(Cl)cccc1Cl)C(=O)CN(c1ccccc1OC)S(C)(=O)=O. The van der Waals surface area contributed by atoms with Gasteiger partial charge in [0.05, 0.1) is 19.1 Å². The third-order valence-electron chi connectivity index (χ3n) is 5.31. The summed E-state index contributed by atoms with van der Waals surface area (Å²) in [6, 6.07) is 10.5. The van der Waals surface area contributed by atoms with E-state index in [0.29, 0.717) is 15.6 Å². The van der Waals surface area contributed by atoms with Crippen LogP contribution in [-0.4, -0.2) is 56.6 Å². The fourth-order valence-electron chi connectivity index (χ4n) is 3.66. The lowest BCUT2D eigenvalue weighted by atomic mass is 10.1. The maximum absolute atomic E-state index is 13.8. The van der Waals surface area contributed by atoms with Gasteiger partial charge < -0.3 is 15.0 Å². The Bertz CT molecular complexity index is 1180. The molecule has 1 atom stereocenters. The summed E-state index contributed by atoms with van der Waals surface area (Å²) in [5.74, 6) is -0.683. The summed E-state index contributed by atoms with van der Waals surface area (Å²) in [5, 5.41) is 3.56. The number of hydrogen-bond acceptors (Lipinski definition) is 5. The van der Waals surface area contributed by atoms with Crippen LogP contribution in [-0.2, 0) is 26.2 Å². The van der Waals surface area contributed by atoms with Crippen molar-refractivity contribution in [2.24, 2.45) is 0 Å². The molecule has 2 rings (SSSR count). The molecule has 8 nitrogen and oxygen atoms in total. The molecule has 0 radical (unpaired) electrons. The van der Waals surface area contributed by atoms with Gasteiger partial charge in [0.2, 0.25) is 21.8 Å². The highest BCUT2D eigenvalue weighted by molar-refractivity contribution is 7.92. The van der Waals surface area contributed by atoms with E-state index in [1.165, 1.54) is 12.0 Å². The van der Waals surface area contributed by atoms with E-state index in [-0.39, 0.29) is 30.3 Å². The molecule has 2 aromatic carbocycles. The number of halogens is 2. The van der Waals surface area contributed by atoms with Crippen molar-refractivity contribution in [1.82, 2.24) is 10.2 Å². The maximum atomic E-state index is 13.8. The lowest BCUT2D eigenvalue weighted by molar-refractivity contribution is -0.141. The molecule has 0 aromatic heterocycles. The molecule has 0 spiro atoms. The zero-order valence-corrected chi connectivity index (χ0v) is 23.7. The fraction of sp³-hybridized carbons (Fsp3) is 0.440. The van der Waals surface area contributed by atoms with Crippen molar-refractivity contribution in [1.29, 1.82) is 0 Å². The Hall–Kier alpha value is -2.49. The molecule has 0 heterocycles. The average Bonchev–Trinajstić information content (AvgIpc) is 2.77. The van der Waals surface area contributed by atoms with Gasteiger partial charge in [-0.3, -0.25) is 13.9 Å². The monoisotopic (exact) mass is 557 g/mol. The van der Waals surface area contributed by atoms with E-state index in [2.05, 4.69) is 5.32 Å². The quantitative estimate of drug-likeness (QED) is 0.464. The molecule has 198 valence electrons. The molecule has 0 saturated carbocycles. The summed E-state index contributed by atoms with van der Waals surface area (Å²) < 4.78 is 31.8. The van der Waals surface area contributed by atoms with E-state index in [9.17, 15) is 18.0 Å². The van der Waals surface area contributed by atoms with Crippen LogP contribution in [0.2, 0.25) is 10.0 Å². The number of nitrogens with one attached hydrogen (secondary N) is 1. The molecule has 0 fully saturated rings. The number of benzene rings is 2. The highest BCUT2D eigenvalue weighted by Crippen LogP contribution is 2.31. The van der Waals surface area contributed by atoms with Crippen LogP contribution in [0.25, 0.3) is 0 Å². The number of sulfonamides is 1. The van der Waals surface area contributed by atoms with E-state index >= 15 is 0 Å². The molecule has 0 aliphatic carbocycles. The van der Waals surface area contributed by atoms with Crippen molar-refractivity contribution < 1.29 is 22.7 Å². The normalized spacial score (nSPS) is 12.6. The van der Waals surface area contributed by atoms with E-state index in [4.69, 9.17) is 27.9 Å². The molecular weight excluding hydrogens is 525 g/mol. The summed E-state index contributed by atoms with van der Waals surface area (Å²) in [4.78, 5) is 28.3. The van der Waals surface area contributed by atoms with Crippen LogP contribution < -0.4 is 14.4 Å². The van der Waals surface area contributed by atoms with Crippen LogP contribution in [0.1, 0.15) is 39.7 Å². The third-order valence-corrected chi connectivity index (χ3v) is 7.14. The number of carbonyl (C=O) groups is 2. The van der Waals surface area contributed by atoms with Gasteiger partial charge in [0.15, 0.2) is 0 Å². The Labute approximate surface area is 223 Å². The minimum absolute atomic E-state index is 0.0864. The number of amides is 2. The highest BCUT2D eigenvalue weighted by Gasteiger charge is 2.34. The number of methoxy groups -OCH3 is 1. The molecule has 2 aromatic rings. The molecule has 11 heteroatoms. The zero-order chi connectivity index (χ0) is 27.3. The van der Waals surface area contributed by atoms with Gasteiger partial charge >= 0.3 is 0 Å². The molecule has 0 aliphatic heterocycles. The molecule has 0 aliphatic rings. The van der Waals surface area contributed by atoms with Crippen molar-refractivity contribution in [2.45, 2.75) is 52.2 Å². The number of anilines is 1. The third kappa shape index (κ3) is 7.75. The smallest absolute Gasteiger partial charge is 0.244 e. The topological polar surface area (TPSA) is 96.0 Å². The second kappa shape index (κ2) is 12.2. The van der Waals surface area contributed by atoms with Gasteiger partial charge in [-0.2, -0.15) is 0 Å². The van der Waals surface area contributed by atoms with Gasteiger partial charge in [0.1, 0.15) is 18.3 Å². The van der Waals surface area contributed by atoms with Gasteiger partial charge in [0.25, 0.3) is 0 Å². The standard InChI is InChI=1S/C25H33Cl2N3O5S/c1-7-20(24(32)28-25(2,3)4)29(15-17-18(26)11-10-12-19(17)27)23(31)16-30(36(6,33)34)21-13-8-9-14-22(21)35-5/h8-14,20H,7,15-16H2,1-6H3,(H,28,32)/t20-/m0/s1. The Morgan fingerprint density at radius 1 is 1.06 bits per heavy atom. The van der Waals surface area contributed by atoms with Crippen LogP contribution in [0.5, 0.6) is 5.75 Å². The molecule has 1 N–H and O–H groups in total. The Morgan fingerprint density at radius 3 is 2.14 bits per heavy atom. The number of nitrogens with zero attached hydrogens (tertiary/aromatic N) is 2. The lowest BCUT2D eigenvalue weighted by Gasteiger charge is -2.35. The first-order chi connectivity index (χ1) is 16.7. The lowest BCUT2D eigenvalue weighted by Crippen LogP contribution is -2.55. The minimum Gasteiger partial charge on any atom is -0.495 e. The van der Waals surface area contributed by atoms with Crippen LogP contribution in [0.15, 0.2) is 42.5 Å². The Balaban J connectivity index is 2.56. The Morgan fingerprint density at radius 2 is 1.64 bits per heavy atom. The van der Waals surface area contributed by atoms with E-state index in [1.807, 2.05) is 20.8 Å². The van der Waals surface area contributed by atoms with Crippen molar-refractivity contribution in [3.8, 4) is 5.75 Å². The number of hydrogen-bond donors (Lipinski definition) is 1. The van der Waals surface area contributed by atoms with Gasteiger partial charge in [-0.05, 0) is 51.5 Å². The van der Waals surface area contributed by atoms with Crippen molar-refractivity contribution in [3.05, 3.63) is 58.1 Å². The number of carbonyl (C=O) groups excluding carboxylic acids is 2. The summed E-state index contributed by atoms with van der Waals surface area (Å²) in [6.07, 6.45) is 1.29. The second-order valence-corrected chi connectivity index (χ2v) is 12.0. The summed E-state index contributed by atoms with van der Waals surface area (Å²) in [6.45, 7) is 6.64. The minimum atomic E-state index is -3.90. The zero-order valence-electron chi connectivity index (χ0n) is 21.3. The molecule has 0 unspecified atom stereocenters. The molecule has 0 bridgehead atoms. The van der Waals surface area contributed by atoms with E-state index < -0.39 is 34.1 Å². The van der Waals surface area contributed by atoms with Gasteiger partial charge in [-0.15, -0.1) is 0 Å². The predicted molar refractivity (Wildman–Crippen MR) is 144 cm³/mol. The van der Waals surface area contributed by atoms with Gasteiger partial charge in [0, 0.05) is 27.7 Å². The first-order valence-electron chi connectivity index (χ1n) is 11.3. The number of para-hydroxylation sites is 2. The van der Waals surface area contributed by atoms with Crippen molar-refractivity contribution in [2.75, 3.05) is 24.2 Å². The maximum Gasteiger partial charge on any atom is 0.244 e. The van der Waals surface area contributed by atoms with Crippen LogP contribution in [0.4, 0.5) is 5.69 Å². The largest absolute Gasteiger partial charge is 0.495 e. The fourth-order valence-corrected chi connectivity index (χ4v) is 5.03. The predicted octanol–water partition coefficient (Wildman–Crippen LogP) is 4.49. The van der Waals surface area contributed by atoms with Gasteiger partial charge in [-0.25, -0.2) is 8.42 Å². The van der Waals surface area contributed by atoms with Gasteiger partial charge in [-0.1, -0.05) is 48.3 Å². The average molecular weight is 559 g/mol. The second-order valence-electron chi connectivity index (χ2n) is 9.33. The molecular formula is C25H33Cl2N3O5S. The Kier molecular flexibility index (Phi) is 10.0. The molecule has 36 heavy (non-hydrogen) atoms. The first kappa shape index (κ1) is 29.7. The summed E-state index contributed by atoms with van der Waals surface area (Å²) >= 11 is 12.8. The first-order valence-corrected chi connectivity index (χ1v) is 13.9. The van der Waals surface area contributed by atoms with E-state index in [0.717, 1.165) is 10.6 Å². The van der Waals surface area contributed by atoms with Crippen LogP contribution in [0, 0.1) is 0 Å². The van der Waals surface area contributed by atoms with Crippen LogP contribution in [0.3, 0.4) is 0 Å². The summed E-state index contributed by atoms with van der Waals surface area (Å²) in [5.41, 5.74) is 0.121. The van der Waals surface area contributed by atoms with Crippen molar-refractivity contribution >= 4 is 50.7 Å². The number of ether oxygens (including phenoxy) is 1. The molecule has 0 saturated heterocycles. The number of rotatable bonds is 10.